The molecule has 7 heteroatoms. The molecule has 168 valence electrons. The Morgan fingerprint density at radius 2 is 1.81 bits per heavy atom. The summed E-state index contributed by atoms with van der Waals surface area (Å²) in [5.41, 5.74) is 1.57. The minimum atomic E-state index is -0.535. The number of carbonyl (C=O) groups excluding carboxylic acids is 1. The van der Waals surface area contributed by atoms with Crippen molar-refractivity contribution in [3.63, 3.8) is 0 Å². The van der Waals surface area contributed by atoms with Crippen molar-refractivity contribution in [3.8, 4) is 11.5 Å². The molecule has 0 unspecified atom stereocenters. The number of phenols is 1. The van der Waals surface area contributed by atoms with Gasteiger partial charge >= 0.3 is 5.97 Å². The molecule has 0 aliphatic rings. The van der Waals surface area contributed by atoms with Crippen LogP contribution in [0.1, 0.15) is 31.9 Å². The van der Waals surface area contributed by atoms with E-state index in [1.807, 2.05) is 39.0 Å². The van der Waals surface area contributed by atoms with Gasteiger partial charge in [-0.15, -0.1) is 0 Å². The van der Waals surface area contributed by atoms with Gasteiger partial charge in [0, 0.05) is 19.0 Å². The van der Waals surface area contributed by atoms with Gasteiger partial charge < -0.3 is 25.2 Å². The van der Waals surface area contributed by atoms with Crippen LogP contribution in [-0.2, 0) is 22.5 Å². The van der Waals surface area contributed by atoms with Crippen molar-refractivity contribution < 1.29 is 19.4 Å². The average Bonchev–Trinajstić information content (AvgIpc) is 2.74. The highest BCUT2D eigenvalue weighted by molar-refractivity contribution is 7.80. The molecule has 0 aliphatic heterocycles. The number of hydrogen-bond donors (Lipinski definition) is 3. The van der Waals surface area contributed by atoms with Crippen molar-refractivity contribution in [1.82, 2.24) is 10.6 Å². The minimum Gasteiger partial charge on any atom is -0.504 e. The summed E-state index contributed by atoms with van der Waals surface area (Å²) in [4.78, 5) is 12.2. The maximum absolute atomic E-state index is 12.2. The van der Waals surface area contributed by atoms with Crippen LogP contribution in [0.5, 0.6) is 11.5 Å². The standard InChI is InChI=1S/C24H32N2O4S/c1-24(2,3)22(28)30-16-19(12-17-8-6-5-7-9-17)15-26-23(31)25-14-18-10-11-20(27)21(13-18)29-4/h5-11,13,19,27H,12,14-16H2,1-4H3,(H2,25,26,31)/t19-/m1/s1. The van der Waals surface area contributed by atoms with Gasteiger partial charge in [-0.2, -0.15) is 0 Å². The molecule has 6 nitrogen and oxygen atoms in total. The fourth-order valence-corrected chi connectivity index (χ4v) is 3.02. The van der Waals surface area contributed by atoms with Crippen molar-refractivity contribution in [2.75, 3.05) is 20.3 Å². The van der Waals surface area contributed by atoms with Crippen molar-refractivity contribution in [2.24, 2.45) is 11.3 Å². The van der Waals surface area contributed by atoms with E-state index in [0.717, 1.165) is 12.0 Å². The third-order valence-corrected chi connectivity index (χ3v) is 4.97. The molecule has 0 radical (unpaired) electrons. The van der Waals surface area contributed by atoms with Crippen molar-refractivity contribution >= 4 is 23.3 Å². The van der Waals surface area contributed by atoms with E-state index in [0.29, 0.717) is 30.6 Å². The average molecular weight is 445 g/mol. The zero-order valence-electron chi connectivity index (χ0n) is 18.6. The largest absolute Gasteiger partial charge is 0.504 e. The van der Waals surface area contributed by atoms with Gasteiger partial charge in [-0.3, -0.25) is 4.79 Å². The highest BCUT2D eigenvalue weighted by Crippen LogP contribution is 2.26. The van der Waals surface area contributed by atoms with E-state index in [9.17, 15) is 9.90 Å². The zero-order chi connectivity index (χ0) is 22.9. The summed E-state index contributed by atoms with van der Waals surface area (Å²) in [7, 11) is 1.51. The van der Waals surface area contributed by atoms with Crippen molar-refractivity contribution in [1.29, 1.82) is 0 Å². The highest BCUT2D eigenvalue weighted by Gasteiger charge is 2.24. The number of esters is 1. The Hall–Kier alpha value is -2.80. The monoisotopic (exact) mass is 444 g/mol. The maximum atomic E-state index is 12.2. The Labute approximate surface area is 190 Å². The minimum absolute atomic E-state index is 0.0715. The summed E-state index contributed by atoms with van der Waals surface area (Å²) in [6.07, 6.45) is 0.767. The number of aromatic hydroxyl groups is 1. The van der Waals surface area contributed by atoms with E-state index in [-0.39, 0.29) is 17.6 Å². The molecule has 2 aromatic rings. The Kier molecular flexibility index (Phi) is 9.12. The van der Waals surface area contributed by atoms with E-state index in [1.54, 1.807) is 18.2 Å². The summed E-state index contributed by atoms with van der Waals surface area (Å²) in [5.74, 6) is 0.372. The number of ether oxygens (including phenoxy) is 2. The molecule has 0 saturated heterocycles. The van der Waals surface area contributed by atoms with Gasteiger partial charge in [0.25, 0.3) is 0 Å². The van der Waals surface area contributed by atoms with Crippen LogP contribution in [0.4, 0.5) is 0 Å². The number of carbonyl (C=O) groups is 1. The number of methoxy groups -OCH3 is 1. The van der Waals surface area contributed by atoms with Crippen LogP contribution in [0.15, 0.2) is 48.5 Å². The van der Waals surface area contributed by atoms with Crippen LogP contribution < -0.4 is 15.4 Å². The maximum Gasteiger partial charge on any atom is 0.311 e. The normalized spacial score (nSPS) is 12.0. The first-order valence-electron chi connectivity index (χ1n) is 10.3. The molecule has 0 bridgehead atoms. The number of hydrogen-bond acceptors (Lipinski definition) is 5. The lowest BCUT2D eigenvalue weighted by Gasteiger charge is -2.22. The molecular formula is C24H32N2O4S. The molecule has 0 aromatic heterocycles. The summed E-state index contributed by atoms with van der Waals surface area (Å²) in [5, 5.41) is 16.6. The molecule has 2 rings (SSSR count). The van der Waals surface area contributed by atoms with Crippen LogP contribution in [0.3, 0.4) is 0 Å². The Bertz CT molecular complexity index is 866. The van der Waals surface area contributed by atoms with E-state index >= 15 is 0 Å². The summed E-state index contributed by atoms with van der Waals surface area (Å²) < 4.78 is 10.7. The summed E-state index contributed by atoms with van der Waals surface area (Å²) in [6, 6.07) is 15.3. The van der Waals surface area contributed by atoms with E-state index < -0.39 is 5.41 Å². The van der Waals surface area contributed by atoms with Gasteiger partial charge in [0.1, 0.15) is 0 Å². The van der Waals surface area contributed by atoms with Gasteiger partial charge in [0.2, 0.25) is 0 Å². The first kappa shape index (κ1) is 24.5. The van der Waals surface area contributed by atoms with Gasteiger partial charge in [0.15, 0.2) is 16.6 Å². The molecule has 31 heavy (non-hydrogen) atoms. The fourth-order valence-electron chi connectivity index (χ4n) is 2.86. The number of benzene rings is 2. The quantitative estimate of drug-likeness (QED) is 0.401. The molecule has 0 spiro atoms. The number of thiocarbonyl (C=S) groups is 1. The molecular weight excluding hydrogens is 412 g/mol. The van der Waals surface area contributed by atoms with E-state index in [1.165, 1.54) is 12.7 Å². The molecule has 0 amide bonds. The second-order valence-electron chi connectivity index (χ2n) is 8.47. The summed E-state index contributed by atoms with van der Waals surface area (Å²) in [6.45, 7) is 6.91. The number of nitrogens with one attached hydrogen (secondary N) is 2. The zero-order valence-corrected chi connectivity index (χ0v) is 19.4. The lowest BCUT2D eigenvalue weighted by Crippen LogP contribution is -2.39. The Morgan fingerprint density at radius 1 is 1.10 bits per heavy atom. The van der Waals surface area contributed by atoms with Gasteiger partial charge in [-0.05, 0) is 62.7 Å². The molecule has 3 N–H and O–H groups in total. The third-order valence-electron chi connectivity index (χ3n) is 4.68. The van der Waals surface area contributed by atoms with Gasteiger partial charge in [-0.25, -0.2) is 0 Å². The molecule has 0 saturated carbocycles. The Balaban J connectivity index is 1.90. The molecule has 0 heterocycles. The molecule has 1 atom stereocenters. The van der Waals surface area contributed by atoms with Crippen LogP contribution in [0, 0.1) is 11.3 Å². The highest BCUT2D eigenvalue weighted by atomic mass is 32.1. The van der Waals surface area contributed by atoms with Crippen molar-refractivity contribution in [3.05, 3.63) is 59.7 Å². The van der Waals surface area contributed by atoms with Crippen molar-refractivity contribution in [2.45, 2.75) is 33.7 Å². The Morgan fingerprint density at radius 3 is 2.45 bits per heavy atom. The first-order chi connectivity index (χ1) is 14.7. The lowest BCUT2D eigenvalue weighted by atomic mass is 9.97. The van der Waals surface area contributed by atoms with Gasteiger partial charge in [0.05, 0.1) is 19.1 Å². The van der Waals surface area contributed by atoms with E-state index in [2.05, 4.69) is 22.8 Å². The van der Waals surface area contributed by atoms with Gasteiger partial charge in [-0.1, -0.05) is 36.4 Å². The predicted molar refractivity (Wildman–Crippen MR) is 126 cm³/mol. The second-order valence-corrected chi connectivity index (χ2v) is 8.88. The lowest BCUT2D eigenvalue weighted by molar-refractivity contribution is -0.154. The molecule has 0 fully saturated rings. The predicted octanol–water partition coefficient (Wildman–Crippen LogP) is 3.81. The SMILES string of the molecule is COc1cc(CNC(=S)NC[C@H](COC(=O)C(C)(C)C)Cc2ccccc2)ccc1O. The first-order valence-corrected chi connectivity index (χ1v) is 10.7. The summed E-state index contributed by atoms with van der Waals surface area (Å²) >= 11 is 5.41. The number of phenolic OH excluding ortho intramolecular Hbond substituents is 1. The van der Waals surface area contributed by atoms with Crippen LogP contribution in [0.2, 0.25) is 0 Å². The van der Waals surface area contributed by atoms with Crippen LogP contribution >= 0.6 is 12.2 Å². The third kappa shape index (κ3) is 8.45. The van der Waals surface area contributed by atoms with E-state index in [4.69, 9.17) is 21.7 Å². The number of rotatable bonds is 9. The van der Waals surface area contributed by atoms with Crippen LogP contribution in [-0.4, -0.2) is 36.4 Å². The molecule has 0 aliphatic carbocycles. The molecule has 2 aromatic carbocycles. The smallest absolute Gasteiger partial charge is 0.311 e. The topological polar surface area (TPSA) is 79.8 Å². The van der Waals surface area contributed by atoms with Crippen LogP contribution in [0.25, 0.3) is 0 Å². The second kappa shape index (κ2) is 11.6. The fraction of sp³-hybridized carbons (Fsp3) is 0.417.